The minimum atomic E-state index is -0.276. The van der Waals surface area contributed by atoms with Crippen LogP contribution in [0.5, 0.6) is 11.5 Å². The molecule has 4 rings (SSSR count). The van der Waals surface area contributed by atoms with Crippen molar-refractivity contribution in [1.29, 1.82) is 0 Å². The van der Waals surface area contributed by atoms with Gasteiger partial charge in [0.2, 0.25) is 5.91 Å². The summed E-state index contributed by atoms with van der Waals surface area (Å²) in [5.74, 6) is 1.16. The molecule has 0 radical (unpaired) electrons. The first-order valence-electron chi connectivity index (χ1n) is 11.9. The number of carbonyl (C=O) groups excluding carboxylic acids is 1. The maximum atomic E-state index is 13.2. The summed E-state index contributed by atoms with van der Waals surface area (Å²) in [6.45, 7) is 2.80. The molecule has 3 aromatic carbocycles. The summed E-state index contributed by atoms with van der Waals surface area (Å²) in [4.78, 5) is 25.9. The van der Waals surface area contributed by atoms with Crippen LogP contribution in [0, 0.1) is 6.92 Å². The Hall–Kier alpha value is -4.07. The summed E-state index contributed by atoms with van der Waals surface area (Å²) in [7, 11) is 0. The van der Waals surface area contributed by atoms with Gasteiger partial charge in [-0.3, -0.25) is 9.59 Å². The third-order valence-corrected chi connectivity index (χ3v) is 6.25. The van der Waals surface area contributed by atoms with Crippen molar-refractivity contribution in [2.75, 3.05) is 5.43 Å². The molecule has 190 valence electrons. The summed E-state index contributed by atoms with van der Waals surface area (Å²) in [5.41, 5.74) is 12.5. The predicted octanol–water partition coefficient (Wildman–Crippen LogP) is 4.66. The van der Waals surface area contributed by atoms with Gasteiger partial charge < -0.3 is 21.2 Å². The van der Waals surface area contributed by atoms with Gasteiger partial charge in [0, 0.05) is 35.4 Å². The molecule has 0 aliphatic carbocycles. The monoisotopic (exact) mass is 516 g/mol. The zero-order valence-electron chi connectivity index (χ0n) is 20.5. The standard InChI is InChI=1S/C29H29ClN4O3/c1-20-13-14-34(33-19-22-7-5-6-10-27(22)37-25-8-3-2-4-9-25)29(36)26(20)16-28(35)32-18-23-15-24(30)12-11-21(23)17-31/h2-15,33H,16-19,31H2,1H3,(H,32,35). The van der Waals surface area contributed by atoms with Crippen molar-refractivity contribution in [3.8, 4) is 11.5 Å². The third kappa shape index (κ3) is 6.78. The fraction of sp³-hybridized carbons (Fsp3) is 0.172. The van der Waals surface area contributed by atoms with Crippen LogP contribution >= 0.6 is 11.6 Å². The lowest BCUT2D eigenvalue weighted by Gasteiger charge is -2.15. The van der Waals surface area contributed by atoms with E-state index < -0.39 is 0 Å². The maximum Gasteiger partial charge on any atom is 0.272 e. The Morgan fingerprint density at radius 1 is 0.946 bits per heavy atom. The number of pyridine rings is 1. The Morgan fingerprint density at radius 2 is 1.70 bits per heavy atom. The average Bonchev–Trinajstić information content (AvgIpc) is 2.91. The summed E-state index contributed by atoms with van der Waals surface area (Å²) in [6.07, 6.45) is 1.62. The van der Waals surface area contributed by atoms with E-state index in [0.717, 1.165) is 28.0 Å². The van der Waals surface area contributed by atoms with Gasteiger partial charge in [-0.15, -0.1) is 0 Å². The molecular formula is C29H29ClN4O3. The highest BCUT2D eigenvalue weighted by atomic mass is 35.5. The van der Waals surface area contributed by atoms with Gasteiger partial charge in [-0.2, -0.15) is 0 Å². The van der Waals surface area contributed by atoms with E-state index in [1.54, 1.807) is 18.3 Å². The molecule has 1 heterocycles. The van der Waals surface area contributed by atoms with E-state index in [9.17, 15) is 9.59 Å². The minimum absolute atomic E-state index is 0.0422. The molecule has 4 aromatic rings. The lowest BCUT2D eigenvalue weighted by Crippen LogP contribution is -2.34. The molecule has 37 heavy (non-hydrogen) atoms. The molecular weight excluding hydrogens is 488 g/mol. The van der Waals surface area contributed by atoms with Crippen LogP contribution in [0.25, 0.3) is 0 Å². The lowest BCUT2D eigenvalue weighted by atomic mass is 10.1. The van der Waals surface area contributed by atoms with E-state index in [-0.39, 0.29) is 24.4 Å². The van der Waals surface area contributed by atoms with E-state index in [1.807, 2.05) is 73.7 Å². The number of nitrogens with zero attached hydrogens (tertiary/aromatic N) is 1. The van der Waals surface area contributed by atoms with Crippen molar-refractivity contribution in [3.63, 3.8) is 0 Å². The third-order valence-electron chi connectivity index (χ3n) is 6.01. The smallest absolute Gasteiger partial charge is 0.272 e. The normalized spacial score (nSPS) is 10.7. The number of rotatable bonds is 10. The average molecular weight is 517 g/mol. The highest BCUT2D eigenvalue weighted by Crippen LogP contribution is 2.25. The van der Waals surface area contributed by atoms with Crippen molar-refractivity contribution < 1.29 is 9.53 Å². The first-order valence-corrected chi connectivity index (χ1v) is 12.3. The van der Waals surface area contributed by atoms with E-state index in [2.05, 4.69) is 10.7 Å². The number of carbonyl (C=O) groups is 1. The summed E-state index contributed by atoms with van der Waals surface area (Å²) in [6, 6.07) is 24.4. The second-order valence-electron chi connectivity index (χ2n) is 8.58. The predicted molar refractivity (Wildman–Crippen MR) is 146 cm³/mol. The molecule has 0 fully saturated rings. The molecule has 1 amide bonds. The van der Waals surface area contributed by atoms with Crippen LogP contribution in [0.4, 0.5) is 0 Å². The van der Waals surface area contributed by atoms with Crippen LogP contribution in [0.3, 0.4) is 0 Å². The molecule has 0 aliphatic heterocycles. The zero-order valence-corrected chi connectivity index (χ0v) is 21.3. The van der Waals surface area contributed by atoms with Crippen molar-refractivity contribution in [2.45, 2.75) is 33.0 Å². The van der Waals surface area contributed by atoms with Gasteiger partial charge in [0.25, 0.3) is 5.56 Å². The molecule has 0 saturated heterocycles. The number of aryl methyl sites for hydroxylation is 1. The van der Waals surface area contributed by atoms with E-state index >= 15 is 0 Å². The fourth-order valence-electron chi connectivity index (χ4n) is 3.92. The van der Waals surface area contributed by atoms with Gasteiger partial charge in [-0.1, -0.05) is 54.1 Å². The fourth-order valence-corrected chi connectivity index (χ4v) is 4.11. The first kappa shape index (κ1) is 26.0. The Labute approximate surface area is 220 Å². The molecule has 0 spiro atoms. The number of para-hydroxylation sites is 2. The second-order valence-corrected chi connectivity index (χ2v) is 9.02. The Bertz CT molecular complexity index is 1440. The van der Waals surface area contributed by atoms with Crippen LogP contribution < -0.4 is 26.8 Å². The minimum Gasteiger partial charge on any atom is -0.457 e. The number of nitrogens with one attached hydrogen (secondary N) is 2. The molecule has 4 N–H and O–H groups in total. The summed E-state index contributed by atoms with van der Waals surface area (Å²) in [5, 5.41) is 3.45. The molecule has 0 bridgehead atoms. The first-order chi connectivity index (χ1) is 17.9. The SMILES string of the molecule is Cc1ccn(NCc2ccccc2Oc2ccccc2)c(=O)c1CC(=O)NCc1cc(Cl)ccc1CN. The molecule has 1 aromatic heterocycles. The number of amides is 1. The zero-order chi connectivity index (χ0) is 26.2. The van der Waals surface area contributed by atoms with E-state index in [0.29, 0.717) is 29.4 Å². The number of halogens is 1. The van der Waals surface area contributed by atoms with Gasteiger partial charge in [0.15, 0.2) is 0 Å². The Kier molecular flexibility index (Phi) is 8.61. The van der Waals surface area contributed by atoms with Gasteiger partial charge in [0.05, 0.1) is 13.0 Å². The van der Waals surface area contributed by atoms with Crippen molar-refractivity contribution in [3.05, 3.63) is 128 Å². The number of aromatic nitrogens is 1. The van der Waals surface area contributed by atoms with Gasteiger partial charge >= 0.3 is 0 Å². The van der Waals surface area contributed by atoms with E-state index in [1.165, 1.54) is 4.68 Å². The van der Waals surface area contributed by atoms with E-state index in [4.69, 9.17) is 22.1 Å². The second kappa shape index (κ2) is 12.3. The number of ether oxygens (including phenoxy) is 1. The van der Waals surface area contributed by atoms with Gasteiger partial charge in [0.1, 0.15) is 11.5 Å². The van der Waals surface area contributed by atoms with Gasteiger partial charge in [-0.25, -0.2) is 4.68 Å². The van der Waals surface area contributed by atoms with Crippen LogP contribution in [0.15, 0.2) is 89.9 Å². The van der Waals surface area contributed by atoms with Gasteiger partial charge in [-0.05, 0) is 60.0 Å². The van der Waals surface area contributed by atoms with Crippen LogP contribution in [0.2, 0.25) is 5.02 Å². The molecule has 0 saturated carbocycles. The lowest BCUT2D eigenvalue weighted by molar-refractivity contribution is -0.120. The molecule has 0 unspecified atom stereocenters. The highest BCUT2D eigenvalue weighted by molar-refractivity contribution is 6.30. The number of nitrogens with two attached hydrogens (primary N) is 1. The van der Waals surface area contributed by atoms with Crippen LogP contribution in [0.1, 0.15) is 27.8 Å². The maximum absolute atomic E-state index is 13.2. The van der Waals surface area contributed by atoms with Crippen molar-refractivity contribution in [1.82, 2.24) is 9.99 Å². The molecule has 8 heteroatoms. The summed E-state index contributed by atoms with van der Waals surface area (Å²) < 4.78 is 7.42. The Morgan fingerprint density at radius 3 is 2.49 bits per heavy atom. The number of hydrogen-bond donors (Lipinski definition) is 3. The summed E-state index contributed by atoms with van der Waals surface area (Å²) >= 11 is 6.09. The number of hydrogen-bond acceptors (Lipinski definition) is 5. The van der Waals surface area contributed by atoms with Crippen LogP contribution in [-0.2, 0) is 30.8 Å². The van der Waals surface area contributed by atoms with Crippen molar-refractivity contribution in [2.24, 2.45) is 5.73 Å². The quantitative estimate of drug-likeness (QED) is 0.285. The molecule has 0 aliphatic rings. The largest absolute Gasteiger partial charge is 0.457 e. The molecule has 0 atom stereocenters. The topological polar surface area (TPSA) is 98.4 Å². The Balaban J connectivity index is 1.44. The number of benzene rings is 3. The van der Waals surface area contributed by atoms with Crippen LogP contribution in [-0.4, -0.2) is 10.6 Å². The molecule has 7 nitrogen and oxygen atoms in total. The highest BCUT2D eigenvalue weighted by Gasteiger charge is 2.14. The van der Waals surface area contributed by atoms with Crippen molar-refractivity contribution >= 4 is 17.5 Å².